The molecule has 0 radical (unpaired) electrons. The molecule has 18 heavy (non-hydrogen) atoms. The van der Waals surface area contributed by atoms with Crippen molar-refractivity contribution < 1.29 is 8.78 Å². The first kappa shape index (κ1) is 13.1. The van der Waals surface area contributed by atoms with Crippen molar-refractivity contribution in [3.8, 4) is 0 Å². The molecule has 96 valence electrons. The van der Waals surface area contributed by atoms with Gasteiger partial charge in [0.15, 0.2) is 11.6 Å². The Bertz CT molecular complexity index is 500. The van der Waals surface area contributed by atoms with E-state index in [1.165, 1.54) is 12.1 Å². The topological polar surface area (TPSA) is 24.9 Å². The lowest BCUT2D eigenvalue weighted by Gasteiger charge is -2.16. The third-order valence-corrected chi connectivity index (χ3v) is 3.56. The maximum atomic E-state index is 13.2. The van der Waals surface area contributed by atoms with Gasteiger partial charge in [0.1, 0.15) is 0 Å². The van der Waals surface area contributed by atoms with Gasteiger partial charge in [0.25, 0.3) is 0 Å². The van der Waals surface area contributed by atoms with Crippen molar-refractivity contribution in [1.29, 1.82) is 0 Å². The number of thiazole rings is 1. The molecular formula is C13H14F2N2S. The standard InChI is InChI=1S/C13H14F2N2S/c1-2-17-12(13-7-16-8-18-13)6-9-3-4-10(14)11(15)5-9/h3-5,7-8,12,17H,2,6H2,1H3. The SMILES string of the molecule is CCNC(Cc1ccc(F)c(F)c1)c1cncs1. The van der Waals surface area contributed by atoms with E-state index in [9.17, 15) is 8.78 Å². The van der Waals surface area contributed by atoms with E-state index >= 15 is 0 Å². The van der Waals surface area contributed by atoms with Crippen LogP contribution in [0.5, 0.6) is 0 Å². The van der Waals surface area contributed by atoms with Crippen LogP contribution in [0.3, 0.4) is 0 Å². The maximum Gasteiger partial charge on any atom is 0.159 e. The van der Waals surface area contributed by atoms with Crippen LogP contribution < -0.4 is 5.32 Å². The van der Waals surface area contributed by atoms with Crippen LogP contribution in [0.1, 0.15) is 23.4 Å². The second-order valence-electron chi connectivity index (χ2n) is 3.97. The zero-order chi connectivity index (χ0) is 13.0. The maximum absolute atomic E-state index is 13.2. The summed E-state index contributed by atoms with van der Waals surface area (Å²) in [7, 11) is 0. The van der Waals surface area contributed by atoms with Crippen LogP contribution >= 0.6 is 11.3 Å². The van der Waals surface area contributed by atoms with Gasteiger partial charge in [-0.15, -0.1) is 11.3 Å². The quantitative estimate of drug-likeness (QED) is 0.900. The molecule has 5 heteroatoms. The number of benzene rings is 1. The summed E-state index contributed by atoms with van der Waals surface area (Å²) in [5.74, 6) is -1.61. The predicted molar refractivity (Wildman–Crippen MR) is 68.6 cm³/mol. The van der Waals surface area contributed by atoms with E-state index in [0.29, 0.717) is 6.42 Å². The molecule has 0 fully saturated rings. The van der Waals surface area contributed by atoms with Gasteiger partial charge in [-0.1, -0.05) is 13.0 Å². The van der Waals surface area contributed by atoms with Crippen molar-refractivity contribution in [3.05, 3.63) is 52.0 Å². The van der Waals surface area contributed by atoms with Gasteiger partial charge in [0, 0.05) is 17.1 Å². The monoisotopic (exact) mass is 268 g/mol. The fraction of sp³-hybridized carbons (Fsp3) is 0.308. The third kappa shape index (κ3) is 3.11. The van der Waals surface area contributed by atoms with Crippen LogP contribution in [-0.2, 0) is 6.42 Å². The molecule has 0 aliphatic carbocycles. The molecule has 2 nitrogen and oxygen atoms in total. The lowest BCUT2D eigenvalue weighted by atomic mass is 10.0. The molecule has 0 bridgehead atoms. The minimum Gasteiger partial charge on any atom is -0.309 e. The lowest BCUT2D eigenvalue weighted by molar-refractivity contribution is 0.503. The number of halogens is 2. The van der Waals surface area contributed by atoms with Crippen molar-refractivity contribution in [3.63, 3.8) is 0 Å². The van der Waals surface area contributed by atoms with Crippen LogP contribution in [0.2, 0.25) is 0 Å². The fourth-order valence-corrected chi connectivity index (χ4v) is 2.52. The largest absolute Gasteiger partial charge is 0.309 e. The Hall–Kier alpha value is -1.33. The third-order valence-electron chi connectivity index (χ3n) is 2.67. The first-order chi connectivity index (χ1) is 8.70. The summed E-state index contributed by atoms with van der Waals surface area (Å²) in [5, 5.41) is 3.32. The van der Waals surface area contributed by atoms with Crippen LogP contribution in [0.15, 0.2) is 29.9 Å². The van der Waals surface area contributed by atoms with Crippen LogP contribution in [0.25, 0.3) is 0 Å². The Morgan fingerprint density at radius 2 is 2.17 bits per heavy atom. The highest BCUT2D eigenvalue weighted by atomic mass is 32.1. The van der Waals surface area contributed by atoms with Gasteiger partial charge in [0.2, 0.25) is 0 Å². The molecule has 2 rings (SSSR count). The molecule has 0 saturated carbocycles. The van der Waals surface area contributed by atoms with Crippen molar-refractivity contribution >= 4 is 11.3 Å². The molecule has 2 aromatic rings. The van der Waals surface area contributed by atoms with Crippen molar-refractivity contribution in [2.45, 2.75) is 19.4 Å². The van der Waals surface area contributed by atoms with Crippen molar-refractivity contribution in [2.75, 3.05) is 6.54 Å². The van der Waals surface area contributed by atoms with Gasteiger partial charge in [-0.25, -0.2) is 8.78 Å². The summed E-state index contributed by atoms with van der Waals surface area (Å²) in [5.41, 5.74) is 2.54. The number of hydrogen-bond acceptors (Lipinski definition) is 3. The number of nitrogens with zero attached hydrogens (tertiary/aromatic N) is 1. The smallest absolute Gasteiger partial charge is 0.159 e. The van der Waals surface area contributed by atoms with Gasteiger partial charge in [-0.2, -0.15) is 0 Å². The van der Waals surface area contributed by atoms with E-state index in [1.807, 2.05) is 6.92 Å². The second-order valence-corrected chi connectivity index (χ2v) is 4.88. The number of likely N-dealkylation sites (N-methyl/N-ethyl adjacent to an activating group) is 1. The highest BCUT2D eigenvalue weighted by molar-refractivity contribution is 7.09. The minimum absolute atomic E-state index is 0.0901. The first-order valence-corrected chi connectivity index (χ1v) is 6.64. The van der Waals surface area contributed by atoms with E-state index in [-0.39, 0.29) is 6.04 Å². The lowest BCUT2D eigenvalue weighted by Crippen LogP contribution is -2.22. The molecule has 1 N–H and O–H groups in total. The molecule has 0 spiro atoms. The van der Waals surface area contributed by atoms with E-state index in [4.69, 9.17) is 0 Å². The predicted octanol–water partition coefficient (Wildman–Crippen LogP) is 3.31. The average molecular weight is 268 g/mol. The van der Waals surface area contributed by atoms with E-state index < -0.39 is 11.6 Å². The Kier molecular flexibility index (Phi) is 4.38. The second kappa shape index (κ2) is 6.02. The average Bonchev–Trinajstić information content (AvgIpc) is 2.87. The van der Waals surface area contributed by atoms with E-state index in [1.54, 1.807) is 29.1 Å². The number of aromatic nitrogens is 1. The summed E-state index contributed by atoms with van der Waals surface area (Å²) in [6, 6.07) is 4.12. The minimum atomic E-state index is -0.809. The zero-order valence-electron chi connectivity index (χ0n) is 9.99. The molecule has 1 unspecified atom stereocenters. The molecule has 1 aromatic heterocycles. The highest BCUT2D eigenvalue weighted by Gasteiger charge is 2.13. The summed E-state index contributed by atoms with van der Waals surface area (Å²) in [4.78, 5) is 5.14. The molecule has 1 aromatic carbocycles. The Balaban J connectivity index is 2.16. The number of hydrogen-bond donors (Lipinski definition) is 1. The Morgan fingerprint density at radius 1 is 1.33 bits per heavy atom. The summed E-state index contributed by atoms with van der Waals surface area (Å²) < 4.78 is 26.0. The Labute approximate surface area is 109 Å². The van der Waals surface area contributed by atoms with Crippen LogP contribution in [0, 0.1) is 11.6 Å². The van der Waals surface area contributed by atoms with Crippen LogP contribution in [-0.4, -0.2) is 11.5 Å². The van der Waals surface area contributed by atoms with Crippen molar-refractivity contribution in [2.24, 2.45) is 0 Å². The summed E-state index contributed by atoms with van der Waals surface area (Å²) in [6.45, 7) is 2.82. The molecule has 0 saturated heterocycles. The number of rotatable bonds is 5. The molecule has 0 aliphatic rings. The van der Waals surface area contributed by atoms with Gasteiger partial charge < -0.3 is 5.32 Å². The molecule has 0 aliphatic heterocycles. The highest BCUT2D eigenvalue weighted by Crippen LogP contribution is 2.22. The molecule has 0 amide bonds. The number of nitrogens with one attached hydrogen (secondary N) is 1. The van der Waals surface area contributed by atoms with E-state index in [2.05, 4.69) is 10.3 Å². The van der Waals surface area contributed by atoms with Gasteiger partial charge in [-0.05, 0) is 30.7 Å². The molecule has 1 heterocycles. The zero-order valence-corrected chi connectivity index (χ0v) is 10.8. The molecule has 1 atom stereocenters. The van der Waals surface area contributed by atoms with Crippen LogP contribution in [0.4, 0.5) is 8.78 Å². The normalized spacial score (nSPS) is 12.6. The van der Waals surface area contributed by atoms with E-state index in [0.717, 1.165) is 17.0 Å². The summed E-state index contributed by atoms with van der Waals surface area (Å²) in [6.07, 6.45) is 2.42. The fourth-order valence-electron chi connectivity index (χ4n) is 1.82. The van der Waals surface area contributed by atoms with Gasteiger partial charge in [0.05, 0.1) is 5.51 Å². The van der Waals surface area contributed by atoms with Gasteiger partial charge >= 0.3 is 0 Å². The molecular weight excluding hydrogens is 254 g/mol. The summed E-state index contributed by atoms with van der Waals surface area (Å²) >= 11 is 1.56. The van der Waals surface area contributed by atoms with Crippen molar-refractivity contribution in [1.82, 2.24) is 10.3 Å². The van der Waals surface area contributed by atoms with Gasteiger partial charge in [-0.3, -0.25) is 4.98 Å². The first-order valence-electron chi connectivity index (χ1n) is 5.76. The Morgan fingerprint density at radius 3 is 2.78 bits per heavy atom.